The summed E-state index contributed by atoms with van der Waals surface area (Å²) < 4.78 is 5.18. The molecule has 0 N–H and O–H groups in total. The van der Waals surface area contributed by atoms with Crippen molar-refractivity contribution >= 4 is 33.8 Å². The van der Waals surface area contributed by atoms with E-state index in [-0.39, 0.29) is 0 Å². The van der Waals surface area contributed by atoms with Crippen molar-refractivity contribution in [1.29, 1.82) is 0 Å². The maximum Gasteiger partial charge on any atom is 0.166 e. The van der Waals surface area contributed by atoms with Crippen LogP contribution in [0.15, 0.2) is 23.6 Å². The van der Waals surface area contributed by atoms with Crippen LogP contribution in [0.1, 0.15) is 5.69 Å². The van der Waals surface area contributed by atoms with Crippen LogP contribution in [0.5, 0.6) is 5.75 Å². The van der Waals surface area contributed by atoms with E-state index in [4.69, 9.17) is 16.3 Å². The van der Waals surface area contributed by atoms with Crippen LogP contribution in [-0.2, 0) is 0 Å². The molecule has 0 aliphatic carbocycles. The van der Waals surface area contributed by atoms with E-state index < -0.39 is 0 Å². The molecule has 0 aliphatic heterocycles. The number of hydrogen-bond acceptors (Lipinski definition) is 4. The lowest BCUT2D eigenvalue weighted by Crippen LogP contribution is -1.90. The minimum Gasteiger partial charge on any atom is -0.493 e. The Morgan fingerprint density at radius 2 is 2.21 bits per heavy atom. The Balaban J connectivity index is 2.36. The quantitative estimate of drug-likeness (QED) is 0.711. The summed E-state index contributed by atoms with van der Waals surface area (Å²) in [6.45, 7) is 1.97. The molecule has 19 heavy (non-hydrogen) atoms. The fourth-order valence-electron chi connectivity index (χ4n) is 1.93. The molecule has 3 aromatic rings. The number of fused-ring (bicyclic) bond motifs is 1. The standard InChI is InChI=1S/C14H10ClN2OS/c1-8-7-19-14(17-8)9-4-3-5-10-12(9)13(15)11(18-2)6-16-10/h3-5,7H,1-2H3. The predicted molar refractivity (Wildman–Crippen MR) is 78.0 cm³/mol. The van der Waals surface area contributed by atoms with Crippen LogP contribution >= 0.6 is 22.9 Å². The summed E-state index contributed by atoms with van der Waals surface area (Å²) in [5.74, 6) is 0.454. The first kappa shape index (κ1) is 12.4. The van der Waals surface area contributed by atoms with Gasteiger partial charge in [-0.05, 0) is 13.0 Å². The second-order valence-corrected chi connectivity index (χ2v) is 5.30. The molecule has 0 saturated heterocycles. The third-order valence-electron chi connectivity index (χ3n) is 2.79. The van der Waals surface area contributed by atoms with Gasteiger partial charge < -0.3 is 4.74 Å². The van der Waals surface area contributed by atoms with Crippen molar-refractivity contribution in [1.82, 2.24) is 9.97 Å². The molecule has 0 amide bonds. The lowest BCUT2D eigenvalue weighted by atomic mass is 10.1. The molecule has 2 heterocycles. The second kappa shape index (κ2) is 4.79. The zero-order valence-corrected chi connectivity index (χ0v) is 12.0. The van der Waals surface area contributed by atoms with E-state index in [1.54, 1.807) is 18.4 Å². The number of thiazole rings is 1. The van der Waals surface area contributed by atoms with Gasteiger partial charge in [-0.15, -0.1) is 11.3 Å². The lowest BCUT2D eigenvalue weighted by Gasteiger charge is -2.08. The molecule has 3 rings (SSSR count). The summed E-state index contributed by atoms with van der Waals surface area (Å²) in [5, 5.41) is 4.33. The number of aryl methyl sites for hydroxylation is 1. The Morgan fingerprint density at radius 3 is 2.89 bits per heavy atom. The summed E-state index contributed by atoms with van der Waals surface area (Å²) >= 11 is 7.98. The first-order valence-electron chi connectivity index (χ1n) is 5.67. The number of hydrogen-bond donors (Lipinski definition) is 0. The third-order valence-corrected chi connectivity index (χ3v) is 4.15. The molecular weight excluding hydrogens is 280 g/mol. The van der Waals surface area contributed by atoms with E-state index in [1.165, 1.54) is 0 Å². The summed E-state index contributed by atoms with van der Waals surface area (Å²) in [7, 11) is 1.56. The molecular formula is C14H10ClN2OS. The van der Waals surface area contributed by atoms with Crippen LogP contribution < -0.4 is 4.74 Å². The topological polar surface area (TPSA) is 35.0 Å². The summed E-state index contributed by atoms with van der Waals surface area (Å²) in [4.78, 5) is 8.76. The zero-order chi connectivity index (χ0) is 13.4. The van der Waals surface area contributed by atoms with Gasteiger partial charge in [-0.1, -0.05) is 23.7 Å². The molecule has 0 bridgehead atoms. The molecule has 1 aromatic carbocycles. The van der Waals surface area contributed by atoms with Crippen molar-refractivity contribution in [3.63, 3.8) is 0 Å². The highest BCUT2D eigenvalue weighted by Gasteiger charge is 2.14. The number of nitrogens with zero attached hydrogens (tertiary/aromatic N) is 2. The number of rotatable bonds is 2. The average molecular weight is 290 g/mol. The number of benzene rings is 1. The highest BCUT2D eigenvalue weighted by molar-refractivity contribution is 7.13. The maximum atomic E-state index is 6.38. The minimum atomic E-state index is 0.454. The van der Waals surface area contributed by atoms with Gasteiger partial charge in [-0.2, -0.15) is 0 Å². The molecule has 0 atom stereocenters. The van der Waals surface area contributed by atoms with Gasteiger partial charge in [0.2, 0.25) is 0 Å². The maximum absolute atomic E-state index is 6.38. The predicted octanol–water partition coefficient (Wildman–Crippen LogP) is 4.13. The smallest absolute Gasteiger partial charge is 0.166 e. The highest BCUT2D eigenvalue weighted by Crippen LogP contribution is 2.38. The van der Waals surface area contributed by atoms with Gasteiger partial charge >= 0.3 is 0 Å². The monoisotopic (exact) mass is 289 g/mol. The summed E-state index contributed by atoms with van der Waals surface area (Å²) in [6.07, 6.45) is 2.79. The van der Waals surface area contributed by atoms with Gasteiger partial charge in [0.25, 0.3) is 0 Å². The van der Waals surface area contributed by atoms with Crippen molar-refractivity contribution < 1.29 is 4.74 Å². The SMILES string of the molecule is COc1[c]nc2cccc(-c3nc(C)cs3)c2c1Cl. The number of methoxy groups -OCH3 is 1. The van der Waals surface area contributed by atoms with E-state index in [9.17, 15) is 0 Å². The molecule has 5 heteroatoms. The number of halogens is 1. The highest BCUT2D eigenvalue weighted by atomic mass is 35.5. The fourth-order valence-corrected chi connectivity index (χ4v) is 3.08. The van der Waals surface area contributed by atoms with E-state index in [0.717, 1.165) is 27.2 Å². The van der Waals surface area contributed by atoms with Crippen LogP contribution in [0, 0.1) is 13.1 Å². The van der Waals surface area contributed by atoms with Crippen LogP contribution in [0.3, 0.4) is 0 Å². The number of pyridine rings is 1. The average Bonchev–Trinajstić information content (AvgIpc) is 2.85. The molecule has 0 aliphatic rings. The van der Waals surface area contributed by atoms with Gasteiger partial charge in [0.05, 0.1) is 17.6 Å². The van der Waals surface area contributed by atoms with E-state index in [1.807, 2.05) is 30.5 Å². The molecule has 0 saturated carbocycles. The van der Waals surface area contributed by atoms with Crippen LogP contribution in [0.25, 0.3) is 21.5 Å². The lowest BCUT2D eigenvalue weighted by molar-refractivity contribution is 0.413. The summed E-state index contributed by atoms with van der Waals surface area (Å²) in [6, 6.07) is 5.84. The summed E-state index contributed by atoms with van der Waals surface area (Å²) in [5.41, 5.74) is 2.76. The molecule has 0 unspecified atom stereocenters. The first-order chi connectivity index (χ1) is 9.20. The van der Waals surface area contributed by atoms with Crippen LogP contribution in [-0.4, -0.2) is 17.1 Å². The van der Waals surface area contributed by atoms with Crippen LogP contribution in [0.2, 0.25) is 5.02 Å². The minimum absolute atomic E-state index is 0.454. The van der Waals surface area contributed by atoms with E-state index >= 15 is 0 Å². The van der Waals surface area contributed by atoms with Crippen molar-refractivity contribution in [2.24, 2.45) is 0 Å². The Bertz CT molecular complexity index is 754. The largest absolute Gasteiger partial charge is 0.493 e. The van der Waals surface area contributed by atoms with Gasteiger partial charge in [-0.25, -0.2) is 9.97 Å². The van der Waals surface area contributed by atoms with Gasteiger partial charge in [0.15, 0.2) is 5.75 Å². The Hall–Kier alpha value is -1.65. The fraction of sp³-hybridized carbons (Fsp3) is 0.143. The van der Waals surface area contributed by atoms with Crippen molar-refractivity contribution in [2.45, 2.75) is 6.92 Å². The van der Waals surface area contributed by atoms with E-state index in [0.29, 0.717) is 10.8 Å². The molecule has 0 spiro atoms. The first-order valence-corrected chi connectivity index (χ1v) is 6.93. The molecule has 95 valence electrons. The Labute approximate surface area is 119 Å². The van der Waals surface area contributed by atoms with Crippen molar-refractivity contribution in [2.75, 3.05) is 7.11 Å². The zero-order valence-electron chi connectivity index (χ0n) is 10.4. The molecule has 1 radical (unpaired) electrons. The van der Waals surface area contributed by atoms with Gasteiger partial charge in [0.1, 0.15) is 11.2 Å². The Kier molecular flexibility index (Phi) is 3.12. The molecule has 3 nitrogen and oxygen atoms in total. The number of ether oxygens (including phenoxy) is 1. The van der Waals surface area contributed by atoms with Gasteiger partial charge in [0, 0.05) is 22.0 Å². The molecule has 2 aromatic heterocycles. The van der Waals surface area contributed by atoms with Gasteiger partial charge in [-0.3, -0.25) is 0 Å². The van der Waals surface area contributed by atoms with E-state index in [2.05, 4.69) is 16.2 Å². The molecule has 0 fully saturated rings. The van der Waals surface area contributed by atoms with Crippen molar-refractivity contribution in [3.05, 3.63) is 40.5 Å². The third kappa shape index (κ3) is 2.07. The van der Waals surface area contributed by atoms with Crippen LogP contribution in [0.4, 0.5) is 0 Å². The van der Waals surface area contributed by atoms with Crippen molar-refractivity contribution in [3.8, 4) is 16.3 Å². The normalized spacial score (nSPS) is 10.9. The Morgan fingerprint density at radius 1 is 1.37 bits per heavy atom. The second-order valence-electron chi connectivity index (χ2n) is 4.06. The number of aromatic nitrogens is 2.